The van der Waals surface area contributed by atoms with Gasteiger partial charge in [-0.05, 0) is 60.7 Å². The summed E-state index contributed by atoms with van der Waals surface area (Å²) in [6, 6.07) is 23.2. The highest BCUT2D eigenvalue weighted by molar-refractivity contribution is 6.33. The first-order chi connectivity index (χ1) is 16.9. The first-order valence-electron chi connectivity index (χ1n) is 11.7. The molecule has 0 radical (unpaired) electrons. The van der Waals surface area contributed by atoms with Crippen LogP contribution in [0, 0.1) is 12.8 Å². The lowest BCUT2D eigenvalue weighted by atomic mass is 10.0. The molecule has 1 N–H and O–H groups in total. The Kier molecular flexibility index (Phi) is 7.83. The first-order valence-corrected chi connectivity index (χ1v) is 12.1. The fraction of sp³-hybridized carbons (Fsp3) is 0.250. The van der Waals surface area contributed by atoms with Crippen molar-refractivity contribution in [3.63, 3.8) is 0 Å². The molecule has 0 bridgehead atoms. The van der Waals surface area contributed by atoms with Gasteiger partial charge in [-0.25, -0.2) is 4.68 Å². The molecule has 3 aromatic carbocycles. The van der Waals surface area contributed by atoms with Gasteiger partial charge in [-0.1, -0.05) is 73.1 Å². The van der Waals surface area contributed by atoms with Gasteiger partial charge in [-0.15, -0.1) is 5.10 Å². The third-order valence-electron chi connectivity index (χ3n) is 5.74. The summed E-state index contributed by atoms with van der Waals surface area (Å²) in [6.07, 6.45) is 0.999. The Morgan fingerprint density at radius 1 is 1.03 bits per heavy atom. The molecule has 1 aromatic heterocycles. The second kappa shape index (κ2) is 11.2. The molecule has 4 aromatic rings. The van der Waals surface area contributed by atoms with E-state index in [1.54, 1.807) is 4.68 Å². The molecular weight excluding hydrogens is 460 g/mol. The molecule has 1 heterocycles. The molecule has 0 fully saturated rings. The van der Waals surface area contributed by atoms with Crippen LogP contribution < -0.4 is 10.1 Å². The maximum Gasteiger partial charge on any atom is 0.278 e. The van der Waals surface area contributed by atoms with Gasteiger partial charge in [0.2, 0.25) is 0 Å². The molecule has 0 aliphatic heterocycles. The Balaban J connectivity index is 1.38. The maximum absolute atomic E-state index is 12.8. The van der Waals surface area contributed by atoms with E-state index >= 15 is 0 Å². The van der Waals surface area contributed by atoms with Crippen molar-refractivity contribution in [2.75, 3.05) is 11.9 Å². The monoisotopic (exact) mass is 488 g/mol. The van der Waals surface area contributed by atoms with Crippen molar-refractivity contribution >= 4 is 23.2 Å². The van der Waals surface area contributed by atoms with E-state index in [1.807, 2.05) is 79.7 Å². The summed E-state index contributed by atoms with van der Waals surface area (Å²) in [5, 5.41) is 11.9. The zero-order valence-corrected chi connectivity index (χ0v) is 20.9. The molecule has 0 aliphatic rings. The van der Waals surface area contributed by atoms with Crippen LogP contribution in [0.25, 0.3) is 11.1 Å². The summed E-state index contributed by atoms with van der Waals surface area (Å²) in [7, 11) is 0. The standard InChI is InChI=1S/C28H29ClN4O2/c1-19(2)16-17-35-24-14-12-23(13-15-24)30-28(34)27-20(3)33(32-31-27)18-21-8-10-22(11-9-21)25-6-4-5-7-26(25)29/h4-15,19H,16-18H2,1-3H3,(H,30,34). The van der Waals surface area contributed by atoms with Crippen LogP contribution in [0.15, 0.2) is 72.8 Å². The number of rotatable bonds is 9. The molecule has 0 aliphatic carbocycles. The molecule has 0 spiro atoms. The fourth-order valence-electron chi connectivity index (χ4n) is 3.62. The Labute approximate surface area is 210 Å². The average Bonchev–Trinajstić information content (AvgIpc) is 3.21. The van der Waals surface area contributed by atoms with Crippen molar-refractivity contribution in [2.24, 2.45) is 5.92 Å². The van der Waals surface area contributed by atoms with Gasteiger partial charge in [0.15, 0.2) is 5.69 Å². The number of carbonyl (C=O) groups excluding carboxylic acids is 1. The highest BCUT2D eigenvalue weighted by atomic mass is 35.5. The van der Waals surface area contributed by atoms with Crippen LogP contribution in [0.3, 0.4) is 0 Å². The lowest BCUT2D eigenvalue weighted by molar-refractivity contribution is 0.102. The van der Waals surface area contributed by atoms with E-state index in [4.69, 9.17) is 16.3 Å². The van der Waals surface area contributed by atoms with Crippen LogP contribution in [-0.2, 0) is 6.54 Å². The summed E-state index contributed by atoms with van der Waals surface area (Å²) >= 11 is 6.31. The van der Waals surface area contributed by atoms with Crippen molar-refractivity contribution in [3.8, 4) is 16.9 Å². The van der Waals surface area contributed by atoms with Crippen LogP contribution >= 0.6 is 11.6 Å². The van der Waals surface area contributed by atoms with E-state index in [-0.39, 0.29) is 5.91 Å². The number of ether oxygens (including phenoxy) is 1. The van der Waals surface area contributed by atoms with Crippen LogP contribution in [-0.4, -0.2) is 27.5 Å². The molecule has 0 atom stereocenters. The smallest absolute Gasteiger partial charge is 0.278 e. The number of nitrogens with zero attached hydrogens (tertiary/aromatic N) is 3. The molecule has 0 saturated carbocycles. The average molecular weight is 489 g/mol. The van der Waals surface area contributed by atoms with Crippen LogP contribution in [0.1, 0.15) is 42.0 Å². The van der Waals surface area contributed by atoms with E-state index in [0.717, 1.165) is 33.9 Å². The van der Waals surface area contributed by atoms with Crippen molar-refractivity contribution in [1.29, 1.82) is 0 Å². The third-order valence-corrected chi connectivity index (χ3v) is 6.07. The van der Waals surface area contributed by atoms with Crippen LogP contribution in [0.4, 0.5) is 5.69 Å². The number of carbonyl (C=O) groups is 1. The number of nitrogens with one attached hydrogen (secondary N) is 1. The molecular formula is C28H29ClN4O2. The number of hydrogen-bond donors (Lipinski definition) is 1. The van der Waals surface area contributed by atoms with E-state index in [1.165, 1.54) is 0 Å². The quantitative estimate of drug-likeness (QED) is 0.287. The Morgan fingerprint density at radius 3 is 2.43 bits per heavy atom. The molecule has 1 amide bonds. The van der Waals surface area contributed by atoms with Crippen LogP contribution in [0.5, 0.6) is 5.75 Å². The van der Waals surface area contributed by atoms with Gasteiger partial charge < -0.3 is 10.1 Å². The van der Waals surface area contributed by atoms with Crippen molar-refractivity contribution in [2.45, 2.75) is 33.7 Å². The molecule has 0 unspecified atom stereocenters. The molecule has 6 nitrogen and oxygen atoms in total. The highest BCUT2D eigenvalue weighted by Gasteiger charge is 2.17. The lowest BCUT2D eigenvalue weighted by Crippen LogP contribution is -2.14. The van der Waals surface area contributed by atoms with Gasteiger partial charge in [0.25, 0.3) is 5.91 Å². The summed E-state index contributed by atoms with van der Waals surface area (Å²) in [4.78, 5) is 12.8. The zero-order valence-electron chi connectivity index (χ0n) is 20.2. The normalized spacial score (nSPS) is 11.0. The number of halogens is 1. The predicted octanol–water partition coefficient (Wildman–Crippen LogP) is 6.63. The van der Waals surface area contributed by atoms with E-state index in [2.05, 4.69) is 29.5 Å². The largest absolute Gasteiger partial charge is 0.494 e. The second-order valence-electron chi connectivity index (χ2n) is 8.87. The first kappa shape index (κ1) is 24.5. The number of amides is 1. The number of hydrogen-bond acceptors (Lipinski definition) is 4. The summed E-state index contributed by atoms with van der Waals surface area (Å²) < 4.78 is 7.46. The third kappa shape index (κ3) is 6.28. The van der Waals surface area contributed by atoms with Crippen molar-refractivity contribution in [1.82, 2.24) is 15.0 Å². The van der Waals surface area contributed by atoms with Gasteiger partial charge in [-0.2, -0.15) is 0 Å². The van der Waals surface area contributed by atoms with Gasteiger partial charge >= 0.3 is 0 Å². The Morgan fingerprint density at radius 2 is 1.74 bits per heavy atom. The van der Waals surface area contributed by atoms with Gasteiger partial charge in [-0.3, -0.25) is 4.79 Å². The van der Waals surface area contributed by atoms with Crippen LogP contribution in [0.2, 0.25) is 5.02 Å². The molecule has 35 heavy (non-hydrogen) atoms. The second-order valence-corrected chi connectivity index (χ2v) is 9.27. The number of anilines is 1. The van der Waals surface area contributed by atoms with E-state index < -0.39 is 0 Å². The Bertz CT molecular complexity index is 1280. The van der Waals surface area contributed by atoms with E-state index in [0.29, 0.717) is 36.1 Å². The van der Waals surface area contributed by atoms with Crippen molar-refractivity contribution in [3.05, 3.63) is 94.8 Å². The van der Waals surface area contributed by atoms with Gasteiger partial charge in [0.05, 0.1) is 18.8 Å². The van der Waals surface area contributed by atoms with E-state index in [9.17, 15) is 4.79 Å². The topological polar surface area (TPSA) is 69.0 Å². The number of benzene rings is 3. The minimum Gasteiger partial charge on any atom is -0.494 e. The maximum atomic E-state index is 12.8. The molecule has 0 saturated heterocycles. The zero-order chi connectivity index (χ0) is 24.8. The predicted molar refractivity (Wildman–Crippen MR) is 140 cm³/mol. The molecule has 7 heteroatoms. The summed E-state index contributed by atoms with van der Waals surface area (Å²) in [6.45, 7) is 7.36. The van der Waals surface area contributed by atoms with Crippen molar-refractivity contribution < 1.29 is 9.53 Å². The minimum atomic E-state index is -0.295. The summed E-state index contributed by atoms with van der Waals surface area (Å²) in [5.41, 5.74) is 4.77. The molecule has 180 valence electrons. The fourth-order valence-corrected chi connectivity index (χ4v) is 3.86. The minimum absolute atomic E-state index is 0.295. The highest BCUT2D eigenvalue weighted by Crippen LogP contribution is 2.27. The Hall–Kier alpha value is -3.64. The number of aromatic nitrogens is 3. The van der Waals surface area contributed by atoms with Gasteiger partial charge in [0, 0.05) is 16.3 Å². The lowest BCUT2D eigenvalue weighted by Gasteiger charge is -2.09. The van der Waals surface area contributed by atoms with Gasteiger partial charge in [0.1, 0.15) is 5.75 Å². The summed E-state index contributed by atoms with van der Waals surface area (Å²) in [5.74, 6) is 1.08. The molecule has 4 rings (SSSR count). The SMILES string of the molecule is Cc1c(C(=O)Nc2ccc(OCCC(C)C)cc2)nnn1Cc1ccc(-c2ccccc2Cl)cc1.